The summed E-state index contributed by atoms with van der Waals surface area (Å²) in [4.78, 5) is 12.2. The van der Waals surface area contributed by atoms with Gasteiger partial charge in [0.1, 0.15) is 0 Å². The fourth-order valence-corrected chi connectivity index (χ4v) is 4.09. The van der Waals surface area contributed by atoms with Crippen LogP contribution in [0, 0.1) is 0 Å². The largest absolute Gasteiger partial charge is 0.462 e. The minimum Gasteiger partial charge on any atom is -0.462 e. The van der Waals surface area contributed by atoms with Gasteiger partial charge in [0.2, 0.25) is 0 Å². The molecule has 0 spiro atoms. The molecule has 1 aliphatic rings. The molecular formula is C17H24BrNO2. The van der Waals surface area contributed by atoms with E-state index in [1.165, 1.54) is 11.1 Å². The molecule has 1 aromatic rings. The van der Waals surface area contributed by atoms with Crippen LogP contribution in [0.5, 0.6) is 0 Å². The Morgan fingerprint density at radius 2 is 1.86 bits per heavy atom. The van der Waals surface area contributed by atoms with Gasteiger partial charge < -0.3 is 10.5 Å². The zero-order chi connectivity index (χ0) is 16.0. The summed E-state index contributed by atoms with van der Waals surface area (Å²) in [6.45, 7) is 11.1. The quantitative estimate of drug-likeness (QED) is 0.626. The van der Waals surface area contributed by atoms with Gasteiger partial charge in [-0.15, -0.1) is 0 Å². The van der Waals surface area contributed by atoms with Crippen molar-refractivity contribution < 1.29 is 9.53 Å². The second kappa shape index (κ2) is 5.31. The zero-order valence-corrected chi connectivity index (χ0v) is 15.1. The Hall–Kier alpha value is -1.03. The molecule has 2 rings (SSSR count). The lowest BCUT2D eigenvalue weighted by molar-refractivity contribution is 0.0527. The number of esters is 1. The van der Waals surface area contributed by atoms with Crippen LogP contribution < -0.4 is 5.73 Å². The van der Waals surface area contributed by atoms with Crippen LogP contribution in [0.4, 0.5) is 5.69 Å². The topological polar surface area (TPSA) is 52.3 Å². The molecule has 3 nitrogen and oxygen atoms in total. The Morgan fingerprint density at radius 1 is 1.29 bits per heavy atom. The molecule has 0 atom stereocenters. The predicted octanol–water partition coefficient (Wildman–Crippen LogP) is 4.56. The van der Waals surface area contributed by atoms with Crippen molar-refractivity contribution in [2.45, 2.75) is 58.3 Å². The molecule has 0 fully saturated rings. The number of carbonyl (C=O) groups is 1. The Bertz CT molecular complexity index is 591. The summed E-state index contributed by atoms with van der Waals surface area (Å²) >= 11 is 3.63. The lowest BCUT2D eigenvalue weighted by atomic mass is 9.63. The van der Waals surface area contributed by atoms with Crippen molar-refractivity contribution in [1.29, 1.82) is 0 Å². The third-order valence-corrected chi connectivity index (χ3v) is 5.40. The van der Waals surface area contributed by atoms with Gasteiger partial charge in [-0.05, 0) is 63.7 Å². The van der Waals surface area contributed by atoms with E-state index in [0.29, 0.717) is 17.9 Å². The van der Waals surface area contributed by atoms with Crippen LogP contribution in [0.25, 0.3) is 0 Å². The lowest BCUT2D eigenvalue weighted by Crippen LogP contribution is -2.35. The van der Waals surface area contributed by atoms with Crippen LogP contribution >= 0.6 is 15.9 Å². The molecule has 0 amide bonds. The van der Waals surface area contributed by atoms with E-state index in [2.05, 4.69) is 43.6 Å². The van der Waals surface area contributed by atoms with Gasteiger partial charge in [0.25, 0.3) is 0 Å². The number of hydrogen-bond acceptors (Lipinski definition) is 3. The van der Waals surface area contributed by atoms with Crippen molar-refractivity contribution in [2.24, 2.45) is 0 Å². The molecule has 4 heteroatoms. The average Bonchev–Trinajstić information content (AvgIpc) is 2.38. The highest BCUT2D eigenvalue weighted by atomic mass is 79.9. The molecule has 1 aliphatic carbocycles. The van der Waals surface area contributed by atoms with Gasteiger partial charge in [-0.3, -0.25) is 0 Å². The summed E-state index contributed by atoms with van der Waals surface area (Å²) in [7, 11) is 0. The molecule has 0 aliphatic heterocycles. The van der Waals surface area contributed by atoms with E-state index >= 15 is 0 Å². The standard InChI is InChI=1S/C17H24BrNO2/c1-6-21-15(20)10-9-11-12(13(18)14(10)19)17(4,5)8-7-16(11,2)3/h9H,6-8,19H2,1-5H3. The molecule has 0 unspecified atom stereocenters. The van der Waals surface area contributed by atoms with Crippen LogP contribution in [0.3, 0.4) is 0 Å². The number of benzene rings is 1. The molecule has 0 aromatic heterocycles. The highest BCUT2D eigenvalue weighted by Crippen LogP contribution is 2.50. The van der Waals surface area contributed by atoms with Gasteiger partial charge in [0, 0.05) is 4.47 Å². The van der Waals surface area contributed by atoms with Crippen LogP contribution in [0.15, 0.2) is 10.5 Å². The number of nitrogen functional groups attached to an aromatic ring is 1. The van der Waals surface area contributed by atoms with Crippen LogP contribution in [0.1, 0.15) is 68.9 Å². The minimum absolute atomic E-state index is 0.0301. The summed E-state index contributed by atoms with van der Waals surface area (Å²) < 4.78 is 5.98. The summed E-state index contributed by atoms with van der Waals surface area (Å²) in [6.07, 6.45) is 2.19. The summed E-state index contributed by atoms with van der Waals surface area (Å²) in [6, 6.07) is 1.94. The molecule has 0 saturated heterocycles. The number of hydrogen-bond donors (Lipinski definition) is 1. The first-order valence-corrected chi connectivity index (χ1v) is 8.21. The number of anilines is 1. The number of halogens is 1. The van der Waals surface area contributed by atoms with Gasteiger partial charge in [-0.2, -0.15) is 0 Å². The maximum atomic E-state index is 12.2. The average molecular weight is 354 g/mol. The number of fused-ring (bicyclic) bond motifs is 1. The molecule has 21 heavy (non-hydrogen) atoms. The SMILES string of the molecule is CCOC(=O)c1cc2c(c(Br)c1N)C(C)(C)CCC2(C)C. The monoisotopic (exact) mass is 353 g/mol. The fraction of sp³-hybridized carbons (Fsp3) is 0.588. The van der Waals surface area contributed by atoms with Gasteiger partial charge in [0.05, 0.1) is 17.9 Å². The number of nitrogens with two attached hydrogens (primary N) is 1. The van der Waals surface area contributed by atoms with Crippen molar-refractivity contribution >= 4 is 27.6 Å². The number of carbonyl (C=O) groups excluding carboxylic acids is 1. The van der Waals surface area contributed by atoms with E-state index in [1.807, 2.05) is 6.07 Å². The zero-order valence-electron chi connectivity index (χ0n) is 13.5. The smallest absolute Gasteiger partial charge is 0.340 e. The predicted molar refractivity (Wildman–Crippen MR) is 89.8 cm³/mol. The molecule has 116 valence electrons. The van der Waals surface area contributed by atoms with Crippen molar-refractivity contribution in [3.63, 3.8) is 0 Å². The summed E-state index contributed by atoms with van der Waals surface area (Å²) in [5.41, 5.74) is 9.65. The van der Waals surface area contributed by atoms with E-state index in [0.717, 1.165) is 17.3 Å². The minimum atomic E-state index is -0.349. The van der Waals surface area contributed by atoms with Crippen molar-refractivity contribution in [2.75, 3.05) is 12.3 Å². The first-order valence-electron chi connectivity index (χ1n) is 7.42. The first kappa shape index (κ1) is 16.3. The van der Waals surface area contributed by atoms with Crippen molar-refractivity contribution in [3.8, 4) is 0 Å². The van der Waals surface area contributed by atoms with Gasteiger partial charge >= 0.3 is 5.97 Å². The van der Waals surface area contributed by atoms with E-state index in [4.69, 9.17) is 10.5 Å². The highest BCUT2D eigenvalue weighted by Gasteiger charge is 2.40. The summed E-state index contributed by atoms with van der Waals surface area (Å²) in [5.74, 6) is -0.349. The maximum absolute atomic E-state index is 12.2. The van der Waals surface area contributed by atoms with E-state index in [1.54, 1.807) is 6.92 Å². The van der Waals surface area contributed by atoms with E-state index in [9.17, 15) is 4.79 Å². The lowest BCUT2D eigenvalue weighted by Gasteiger charge is -2.43. The summed E-state index contributed by atoms with van der Waals surface area (Å²) in [5, 5.41) is 0. The third kappa shape index (κ3) is 2.70. The Kier molecular flexibility index (Phi) is 4.13. The van der Waals surface area contributed by atoms with Gasteiger partial charge in [-0.25, -0.2) is 4.79 Å². The highest BCUT2D eigenvalue weighted by molar-refractivity contribution is 9.10. The first-order chi connectivity index (χ1) is 9.62. The molecule has 0 radical (unpaired) electrons. The van der Waals surface area contributed by atoms with E-state index in [-0.39, 0.29) is 16.8 Å². The Balaban J connectivity index is 2.73. The molecular weight excluding hydrogens is 330 g/mol. The Labute approximate surface area is 135 Å². The normalized spacial score (nSPS) is 19.0. The second-order valence-electron chi connectivity index (χ2n) is 7.06. The Morgan fingerprint density at radius 3 is 2.43 bits per heavy atom. The molecule has 1 aromatic carbocycles. The molecule has 2 N–H and O–H groups in total. The van der Waals surface area contributed by atoms with Crippen LogP contribution in [0.2, 0.25) is 0 Å². The van der Waals surface area contributed by atoms with Crippen LogP contribution in [-0.4, -0.2) is 12.6 Å². The molecule has 0 heterocycles. The van der Waals surface area contributed by atoms with Gasteiger partial charge in [0.15, 0.2) is 0 Å². The fourth-order valence-electron chi connectivity index (χ4n) is 3.12. The molecule has 0 saturated carbocycles. The van der Waals surface area contributed by atoms with Crippen molar-refractivity contribution in [3.05, 3.63) is 27.2 Å². The van der Waals surface area contributed by atoms with E-state index < -0.39 is 0 Å². The third-order valence-electron chi connectivity index (χ3n) is 4.58. The molecule has 0 bridgehead atoms. The second-order valence-corrected chi connectivity index (χ2v) is 7.86. The van der Waals surface area contributed by atoms with Crippen LogP contribution in [-0.2, 0) is 15.6 Å². The number of ether oxygens (including phenoxy) is 1. The van der Waals surface area contributed by atoms with Crippen molar-refractivity contribution in [1.82, 2.24) is 0 Å². The maximum Gasteiger partial charge on any atom is 0.340 e. The van der Waals surface area contributed by atoms with Gasteiger partial charge in [-0.1, -0.05) is 27.7 Å². The number of rotatable bonds is 2.